The van der Waals surface area contributed by atoms with Crippen LogP contribution in [0.5, 0.6) is 0 Å². The fraction of sp³-hybridized carbons (Fsp3) is 0. The molecule has 0 aliphatic carbocycles. The molecule has 13 heteroatoms. The van der Waals surface area contributed by atoms with Gasteiger partial charge in [-0.1, -0.05) is 41.9 Å². The number of sulfonamides is 1. The molecule has 0 spiro atoms. The van der Waals surface area contributed by atoms with Crippen molar-refractivity contribution in [3.63, 3.8) is 0 Å². The maximum atomic E-state index is 13.4. The van der Waals surface area contributed by atoms with Crippen molar-refractivity contribution in [2.24, 2.45) is 0 Å². The number of rotatable bonds is 6. The van der Waals surface area contributed by atoms with Crippen molar-refractivity contribution in [2.75, 3.05) is 2.52 Å². The van der Waals surface area contributed by atoms with E-state index in [-0.39, 0.29) is 10.7 Å². The SMILES string of the molecule is O=C(O)c1ccccc1S(=O)(=O)c1ncc(Cl)cc1N(I)S(=O)(=O)c1cc2ccccc2o1. The molecule has 2 heterocycles. The molecular weight excluding hydrogens is 607 g/mol. The summed E-state index contributed by atoms with van der Waals surface area (Å²) >= 11 is 7.41. The first-order valence-corrected chi connectivity index (χ1v) is 13.2. The van der Waals surface area contributed by atoms with E-state index in [0.29, 0.717) is 13.5 Å². The van der Waals surface area contributed by atoms with Gasteiger partial charge in [-0.25, -0.2) is 18.2 Å². The van der Waals surface area contributed by atoms with Gasteiger partial charge in [0, 0.05) is 17.6 Å². The second-order valence-electron chi connectivity index (χ2n) is 6.61. The molecule has 0 saturated heterocycles. The Morgan fingerprint density at radius 3 is 2.39 bits per heavy atom. The van der Waals surface area contributed by atoms with Gasteiger partial charge in [0.05, 0.1) is 38.3 Å². The Morgan fingerprint density at radius 1 is 1.03 bits per heavy atom. The molecule has 0 amide bonds. The number of halogens is 2. The number of aromatic nitrogens is 1. The van der Waals surface area contributed by atoms with E-state index in [1.54, 1.807) is 24.3 Å². The second-order valence-corrected chi connectivity index (χ2v) is 12.2. The van der Waals surface area contributed by atoms with E-state index in [2.05, 4.69) is 4.98 Å². The summed E-state index contributed by atoms with van der Waals surface area (Å²) in [7, 11) is -8.95. The van der Waals surface area contributed by atoms with Gasteiger partial charge in [0.15, 0.2) is 5.03 Å². The average molecular weight is 619 g/mol. The molecule has 2 aromatic heterocycles. The number of carboxylic acid groups (broad SMARTS) is 1. The van der Waals surface area contributed by atoms with E-state index in [0.717, 1.165) is 24.4 Å². The number of furan rings is 1. The van der Waals surface area contributed by atoms with Crippen LogP contribution in [0.15, 0.2) is 86.3 Å². The van der Waals surface area contributed by atoms with Crippen LogP contribution in [0.1, 0.15) is 10.4 Å². The minimum atomic E-state index is -4.57. The largest absolute Gasteiger partial charge is 0.478 e. The molecule has 0 unspecified atom stereocenters. The Bertz CT molecular complexity index is 1590. The Hall–Kier alpha value is -2.68. The molecule has 0 fully saturated rings. The first-order valence-electron chi connectivity index (χ1n) is 8.96. The molecule has 4 rings (SSSR count). The zero-order valence-corrected chi connectivity index (χ0v) is 20.8. The molecule has 0 aliphatic heterocycles. The van der Waals surface area contributed by atoms with Crippen LogP contribution < -0.4 is 2.52 Å². The lowest BCUT2D eigenvalue weighted by Crippen LogP contribution is -2.23. The Balaban J connectivity index is 1.89. The predicted octanol–water partition coefficient (Wildman–Crippen LogP) is 4.56. The minimum Gasteiger partial charge on any atom is -0.478 e. The van der Waals surface area contributed by atoms with Crippen LogP contribution in [-0.2, 0) is 19.9 Å². The molecule has 4 aromatic rings. The van der Waals surface area contributed by atoms with Crippen molar-refractivity contribution >= 4 is 77.0 Å². The summed E-state index contributed by atoms with van der Waals surface area (Å²) in [6.07, 6.45) is 1.03. The second kappa shape index (κ2) is 8.59. The highest BCUT2D eigenvalue weighted by molar-refractivity contribution is 14.1. The molecule has 1 N–H and O–H groups in total. The number of nitrogens with zero attached hydrogens (tertiary/aromatic N) is 2. The van der Waals surface area contributed by atoms with Crippen molar-refractivity contribution in [3.05, 3.63) is 77.4 Å². The zero-order chi connectivity index (χ0) is 24.0. The Kier molecular flexibility index (Phi) is 6.11. The Morgan fingerprint density at radius 2 is 1.70 bits per heavy atom. The van der Waals surface area contributed by atoms with Crippen molar-refractivity contribution in [1.29, 1.82) is 0 Å². The summed E-state index contributed by atoms with van der Waals surface area (Å²) in [5.41, 5.74) is -0.544. The number of carbonyl (C=O) groups is 1. The van der Waals surface area contributed by atoms with E-state index < -0.39 is 46.4 Å². The van der Waals surface area contributed by atoms with Crippen molar-refractivity contribution in [1.82, 2.24) is 4.98 Å². The van der Waals surface area contributed by atoms with Gasteiger partial charge < -0.3 is 9.52 Å². The van der Waals surface area contributed by atoms with E-state index >= 15 is 0 Å². The lowest BCUT2D eigenvalue weighted by molar-refractivity contribution is 0.0692. The molecule has 170 valence electrons. The van der Waals surface area contributed by atoms with E-state index in [4.69, 9.17) is 16.0 Å². The standard InChI is InChI=1S/C20H12ClIN2O7S2/c21-13-10-15(24(22)33(29,30)18-9-12-5-1-3-7-16(12)31-18)19(23-11-13)32(27,28)17-8-4-2-6-14(17)20(25)26/h1-11H,(H,25,26). The monoisotopic (exact) mass is 618 g/mol. The maximum absolute atomic E-state index is 13.4. The lowest BCUT2D eigenvalue weighted by atomic mass is 10.2. The predicted molar refractivity (Wildman–Crippen MR) is 128 cm³/mol. The summed E-state index contributed by atoms with van der Waals surface area (Å²) in [4.78, 5) is 14.9. The van der Waals surface area contributed by atoms with E-state index in [9.17, 15) is 26.7 Å². The first-order chi connectivity index (χ1) is 15.5. The topological polar surface area (TPSA) is 135 Å². The van der Waals surface area contributed by atoms with Crippen molar-refractivity contribution in [3.8, 4) is 0 Å². The minimum absolute atomic E-state index is 0.0306. The van der Waals surface area contributed by atoms with Crippen molar-refractivity contribution < 1.29 is 31.2 Å². The summed E-state index contributed by atoms with van der Waals surface area (Å²) in [6.45, 7) is 0. The number of carboxylic acids is 1. The lowest BCUT2D eigenvalue weighted by Gasteiger charge is -2.19. The average Bonchev–Trinajstić information content (AvgIpc) is 3.23. The summed E-state index contributed by atoms with van der Waals surface area (Å²) in [5.74, 6) is -1.47. The van der Waals surface area contributed by atoms with Gasteiger partial charge in [-0.05, 0) is 24.3 Å². The number of hydrogen-bond donors (Lipinski definition) is 1. The van der Waals surface area contributed by atoms with Crippen LogP contribution in [0, 0.1) is 0 Å². The number of aromatic carboxylic acids is 1. The van der Waals surface area contributed by atoms with E-state index in [1.165, 1.54) is 41.1 Å². The molecule has 2 aromatic carbocycles. The third kappa shape index (κ3) is 4.18. The van der Waals surface area contributed by atoms with Gasteiger partial charge in [-0.3, -0.25) is 0 Å². The van der Waals surface area contributed by atoms with Crippen molar-refractivity contribution in [2.45, 2.75) is 15.0 Å². The summed E-state index contributed by atoms with van der Waals surface area (Å²) in [6, 6.07) is 14.0. The van der Waals surface area contributed by atoms with Gasteiger partial charge in [-0.15, -0.1) is 0 Å². The van der Waals surface area contributed by atoms with Crippen LogP contribution in [0.3, 0.4) is 0 Å². The summed E-state index contributed by atoms with van der Waals surface area (Å²) in [5, 5.41) is 8.82. The van der Waals surface area contributed by atoms with Crippen LogP contribution in [0.2, 0.25) is 5.02 Å². The molecule has 0 saturated carbocycles. The highest BCUT2D eigenvalue weighted by Crippen LogP contribution is 2.37. The molecule has 0 radical (unpaired) electrons. The fourth-order valence-corrected chi connectivity index (χ4v) is 6.90. The fourth-order valence-electron chi connectivity index (χ4n) is 3.02. The molecular formula is C20H12ClIN2O7S2. The highest BCUT2D eigenvalue weighted by Gasteiger charge is 2.35. The number of fused-ring (bicyclic) bond motifs is 1. The number of pyridine rings is 1. The Labute approximate surface area is 207 Å². The first kappa shape index (κ1) is 23.5. The number of benzene rings is 2. The van der Waals surface area contributed by atoms with Crippen LogP contribution in [0.25, 0.3) is 11.0 Å². The number of para-hydroxylation sites is 1. The van der Waals surface area contributed by atoms with Gasteiger partial charge in [0.1, 0.15) is 11.3 Å². The third-order valence-corrected chi connectivity index (χ3v) is 9.89. The number of anilines is 1. The number of sulfone groups is 1. The number of hydrogen-bond acceptors (Lipinski definition) is 7. The summed E-state index contributed by atoms with van der Waals surface area (Å²) < 4.78 is 59.4. The van der Waals surface area contributed by atoms with Gasteiger partial charge in [0.2, 0.25) is 14.9 Å². The quantitative estimate of drug-likeness (QED) is 0.246. The van der Waals surface area contributed by atoms with Crippen LogP contribution >= 0.6 is 34.5 Å². The molecule has 9 nitrogen and oxygen atoms in total. The van der Waals surface area contributed by atoms with Gasteiger partial charge >= 0.3 is 16.0 Å². The smallest absolute Gasteiger partial charge is 0.337 e. The maximum Gasteiger partial charge on any atom is 0.337 e. The van der Waals surface area contributed by atoms with Crippen LogP contribution in [0.4, 0.5) is 5.69 Å². The van der Waals surface area contributed by atoms with E-state index in [1.807, 2.05) is 0 Å². The third-order valence-electron chi connectivity index (χ3n) is 4.52. The molecule has 0 atom stereocenters. The van der Waals surface area contributed by atoms with Crippen LogP contribution in [-0.4, -0.2) is 32.9 Å². The normalized spacial score (nSPS) is 12.1. The van der Waals surface area contributed by atoms with Gasteiger partial charge in [0.25, 0.3) is 0 Å². The zero-order valence-electron chi connectivity index (χ0n) is 16.2. The molecule has 0 bridgehead atoms. The molecule has 33 heavy (non-hydrogen) atoms. The highest BCUT2D eigenvalue weighted by atomic mass is 127. The van der Waals surface area contributed by atoms with Gasteiger partial charge in [-0.2, -0.15) is 10.9 Å². The molecule has 0 aliphatic rings.